The Kier molecular flexibility index (Phi) is 3.47. The maximum atomic E-state index is 12.0. The first-order valence-electron chi connectivity index (χ1n) is 5.75. The Morgan fingerprint density at radius 1 is 1.56 bits per heavy atom. The fourth-order valence-corrected chi connectivity index (χ4v) is 2.74. The number of H-pyrrole nitrogens is 1. The molecule has 0 aromatic carbocycles. The lowest BCUT2D eigenvalue weighted by atomic mass is 10.2. The molecule has 0 saturated heterocycles. The van der Waals surface area contributed by atoms with Gasteiger partial charge in [-0.1, -0.05) is 13.8 Å². The van der Waals surface area contributed by atoms with Crippen LogP contribution in [0.4, 0.5) is 0 Å². The van der Waals surface area contributed by atoms with Crippen molar-refractivity contribution in [2.45, 2.75) is 20.8 Å². The molecule has 2 rings (SSSR count). The quantitative estimate of drug-likeness (QED) is 0.886. The van der Waals surface area contributed by atoms with Gasteiger partial charge in [0.15, 0.2) is 0 Å². The lowest BCUT2D eigenvalue weighted by Gasteiger charge is -2.06. The van der Waals surface area contributed by atoms with Crippen LogP contribution in [0.15, 0.2) is 11.1 Å². The largest absolute Gasteiger partial charge is 0.351 e. The summed E-state index contributed by atoms with van der Waals surface area (Å²) in [5, 5.41) is 3.36. The third kappa shape index (κ3) is 2.28. The predicted octanol–water partition coefficient (Wildman–Crippen LogP) is 1.68. The number of amides is 1. The zero-order chi connectivity index (χ0) is 13.3. The van der Waals surface area contributed by atoms with Crippen LogP contribution in [0.2, 0.25) is 0 Å². The first kappa shape index (κ1) is 12.8. The number of nitrogens with one attached hydrogen (secondary N) is 2. The Morgan fingerprint density at radius 2 is 2.28 bits per heavy atom. The van der Waals surface area contributed by atoms with Gasteiger partial charge in [0, 0.05) is 6.54 Å². The van der Waals surface area contributed by atoms with E-state index in [0.29, 0.717) is 33.1 Å². The highest BCUT2D eigenvalue weighted by Crippen LogP contribution is 2.26. The average Bonchev–Trinajstić information content (AvgIpc) is 2.65. The number of carbonyl (C=O) groups is 1. The predicted molar refractivity (Wildman–Crippen MR) is 72.1 cm³/mol. The van der Waals surface area contributed by atoms with Gasteiger partial charge < -0.3 is 10.3 Å². The van der Waals surface area contributed by atoms with Crippen LogP contribution in [0, 0.1) is 12.8 Å². The fourth-order valence-electron chi connectivity index (χ4n) is 1.67. The number of aryl methyl sites for hydroxylation is 1. The summed E-state index contributed by atoms with van der Waals surface area (Å²) in [5.74, 6) is 0.258. The number of hydrogen-bond acceptors (Lipinski definition) is 4. The van der Waals surface area contributed by atoms with E-state index in [9.17, 15) is 9.59 Å². The summed E-state index contributed by atoms with van der Waals surface area (Å²) in [6, 6.07) is 0. The number of hydrogen-bond donors (Lipinski definition) is 2. The first-order chi connectivity index (χ1) is 8.50. The molecule has 2 heterocycles. The third-order valence-electron chi connectivity index (χ3n) is 2.61. The molecule has 0 fully saturated rings. The molecule has 96 valence electrons. The monoisotopic (exact) mass is 265 g/mol. The summed E-state index contributed by atoms with van der Waals surface area (Å²) in [4.78, 5) is 31.5. The zero-order valence-electron chi connectivity index (χ0n) is 10.5. The number of thiophene rings is 1. The highest BCUT2D eigenvalue weighted by molar-refractivity contribution is 7.20. The average molecular weight is 265 g/mol. The molecule has 0 aliphatic rings. The number of rotatable bonds is 3. The first-order valence-corrected chi connectivity index (χ1v) is 6.57. The van der Waals surface area contributed by atoms with Gasteiger partial charge in [0.2, 0.25) is 0 Å². The molecule has 0 unspecified atom stereocenters. The van der Waals surface area contributed by atoms with Crippen LogP contribution in [0.5, 0.6) is 0 Å². The van der Waals surface area contributed by atoms with E-state index >= 15 is 0 Å². The van der Waals surface area contributed by atoms with Crippen molar-refractivity contribution in [3.8, 4) is 0 Å². The Hall–Kier alpha value is -1.69. The molecule has 6 heteroatoms. The third-order valence-corrected chi connectivity index (χ3v) is 3.81. The molecule has 0 saturated carbocycles. The molecule has 1 amide bonds. The van der Waals surface area contributed by atoms with Gasteiger partial charge in [0.05, 0.1) is 16.6 Å². The summed E-state index contributed by atoms with van der Waals surface area (Å²) in [6.07, 6.45) is 1.36. The Morgan fingerprint density at radius 3 is 2.89 bits per heavy atom. The van der Waals surface area contributed by atoms with E-state index in [-0.39, 0.29) is 11.5 Å². The second kappa shape index (κ2) is 4.89. The number of fused-ring (bicyclic) bond motifs is 1. The summed E-state index contributed by atoms with van der Waals surface area (Å²) < 4.78 is 0. The van der Waals surface area contributed by atoms with Gasteiger partial charge in [-0.25, -0.2) is 4.98 Å². The lowest BCUT2D eigenvalue weighted by molar-refractivity contribution is 0.0952. The van der Waals surface area contributed by atoms with Gasteiger partial charge in [-0.3, -0.25) is 9.59 Å². The van der Waals surface area contributed by atoms with E-state index in [1.165, 1.54) is 17.7 Å². The van der Waals surface area contributed by atoms with Gasteiger partial charge in [-0.05, 0) is 18.4 Å². The van der Waals surface area contributed by atoms with Crippen LogP contribution < -0.4 is 10.9 Å². The topological polar surface area (TPSA) is 74.8 Å². The van der Waals surface area contributed by atoms with Gasteiger partial charge in [0.25, 0.3) is 11.5 Å². The molecule has 0 aliphatic carbocycles. The number of nitrogens with zero attached hydrogens (tertiary/aromatic N) is 1. The maximum absolute atomic E-state index is 12.0. The number of aromatic nitrogens is 2. The van der Waals surface area contributed by atoms with Crippen LogP contribution in [0.25, 0.3) is 10.2 Å². The van der Waals surface area contributed by atoms with Crippen molar-refractivity contribution < 1.29 is 4.79 Å². The molecule has 0 atom stereocenters. The van der Waals surface area contributed by atoms with E-state index in [4.69, 9.17) is 0 Å². The molecular weight excluding hydrogens is 250 g/mol. The number of carbonyl (C=O) groups excluding carboxylic acids is 1. The Balaban J connectivity index is 2.40. The molecule has 18 heavy (non-hydrogen) atoms. The van der Waals surface area contributed by atoms with E-state index in [0.717, 1.165) is 0 Å². The van der Waals surface area contributed by atoms with Gasteiger partial charge in [-0.15, -0.1) is 11.3 Å². The van der Waals surface area contributed by atoms with Crippen molar-refractivity contribution >= 4 is 27.5 Å². The minimum Gasteiger partial charge on any atom is -0.351 e. The molecule has 0 bridgehead atoms. The normalized spacial score (nSPS) is 11.1. The van der Waals surface area contributed by atoms with Crippen LogP contribution in [0.1, 0.15) is 29.1 Å². The molecule has 2 aromatic heterocycles. The van der Waals surface area contributed by atoms with Crippen LogP contribution in [-0.4, -0.2) is 22.4 Å². The lowest BCUT2D eigenvalue weighted by Crippen LogP contribution is -2.27. The van der Waals surface area contributed by atoms with Crippen LogP contribution in [-0.2, 0) is 0 Å². The summed E-state index contributed by atoms with van der Waals surface area (Å²) in [7, 11) is 0. The molecule has 2 aromatic rings. The van der Waals surface area contributed by atoms with E-state index in [2.05, 4.69) is 15.3 Å². The highest BCUT2D eigenvalue weighted by atomic mass is 32.1. The van der Waals surface area contributed by atoms with E-state index in [1.807, 2.05) is 13.8 Å². The van der Waals surface area contributed by atoms with Crippen LogP contribution >= 0.6 is 11.3 Å². The summed E-state index contributed by atoms with van der Waals surface area (Å²) in [5.41, 5.74) is 0.502. The smallest absolute Gasteiger partial charge is 0.261 e. The standard InChI is InChI=1S/C12H15N3O2S/c1-6(2)4-13-11(17)9-7(3)8-10(16)14-5-15-12(8)18-9/h5-6H,4H2,1-3H3,(H,13,17)(H,14,15,16). The minimum absolute atomic E-state index is 0.136. The summed E-state index contributed by atoms with van der Waals surface area (Å²) >= 11 is 1.25. The molecule has 0 radical (unpaired) electrons. The van der Waals surface area contributed by atoms with Gasteiger partial charge in [-0.2, -0.15) is 0 Å². The molecule has 5 nitrogen and oxygen atoms in total. The van der Waals surface area contributed by atoms with E-state index < -0.39 is 0 Å². The minimum atomic E-state index is -0.198. The van der Waals surface area contributed by atoms with Gasteiger partial charge in [0.1, 0.15) is 4.83 Å². The van der Waals surface area contributed by atoms with Crippen molar-refractivity contribution in [3.63, 3.8) is 0 Å². The number of aromatic amines is 1. The maximum Gasteiger partial charge on any atom is 0.261 e. The molecule has 0 aliphatic heterocycles. The second-order valence-corrected chi connectivity index (χ2v) is 5.57. The van der Waals surface area contributed by atoms with Crippen molar-refractivity contribution in [2.75, 3.05) is 6.54 Å². The highest BCUT2D eigenvalue weighted by Gasteiger charge is 2.17. The second-order valence-electron chi connectivity index (χ2n) is 4.57. The Labute approximate surface area is 108 Å². The summed E-state index contributed by atoms with van der Waals surface area (Å²) in [6.45, 7) is 6.46. The van der Waals surface area contributed by atoms with Crippen molar-refractivity contribution in [2.24, 2.45) is 5.92 Å². The van der Waals surface area contributed by atoms with Crippen LogP contribution in [0.3, 0.4) is 0 Å². The molecule has 0 spiro atoms. The SMILES string of the molecule is Cc1c(C(=O)NCC(C)C)sc2nc[nH]c(=O)c12. The van der Waals surface area contributed by atoms with Crippen molar-refractivity contribution in [1.29, 1.82) is 0 Å². The van der Waals surface area contributed by atoms with Gasteiger partial charge >= 0.3 is 0 Å². The van der Waals surface area contributed by atoms with Crippen molar-refractivity contribution in [3.05, 3.63) is 27.1 Å². The van der Waals surface area contributed by atoms with Crippen molar-refractivity contribution in [1.82, 2.24) is 15.3 Å². The fraction of sp³-hybridized carbons (Fsp3) is 0.417. The molecule has 2 N–H and O–H groups in total. The van der Waals surface area contributed by atoms with E-state index in [1.54, 1.807) is 6.92 Å². The zero-order valence-corrected chi connectivity index (χ0v) is 11.4. The Bertz CT molecular complexity index is 642. The molecular formula is C12H15N3O2S.